The van der Waals surface area contributed by atoms with Gasteiger partial charge in [0.25, 0.3) is 0 Å². The lowest BCUT2D eigenvalue weighted by atomic mass is 10.3. The molecule has 108 valence electrons. The van der Waals surface area contributed by atoms with Gasteiger partial charge in [0.2, 0.25) is 10.0 Å². The molecule has 7 nitrogen and oxygen atoms in total. The Morgan fingerprint density at radius 2 is 2.21 bits per heavy atom. The smallest absolute Gasteiger partial charge is 0.305 e. The maximum atomic E-state index is 12.0. The molecule has 0 radical (unpaired) electrons. The number of aryl methyl sites for hydroxylation is 1. The quantitative estimate of drug-likeness (QED) is 0.667. The molecule has 0 saturated carbocycles. The number of hydrogen-bond acceptors (Lipinski definition) is 5. The number of nitrogens with zero attached hydrogens (tertiary/aromatic N) is 3. The molecule has 8 heteroatoms. The van der Waals surface area contributed by atoms with E-state index in [1.165, 1.54) is 18.5 Å². The normalized spacial score (nSPS) is 11.8. The lowest BCUT2D eigenvalue weighted by Gasteiger charge is -2.16. The summed E-state index contributed by atoms with van der Waals surface area (Å²) in [6, 6.07) is 0. The van der Waals surface area contributed by atoms with E-state index < -0.39 is 16.0 Å². The van der Waals surface area contributed by atoms with Crippen molar-refractivity contribution < 1.29 is 17.9 Å². The molecule has 0 amide bonds. The topological polar surface area (TPSA) is 81.5 Å². The molecule has 19 heavy (non-hydrogen) atoms. The average Bonchev–Trinajstić information content (AvgIpc) is 2.74. The number of aromatic nitrogens is 2. The molecule has 0 spiro atoms. The van der Waals surface area contributed by atoms with Crippen LogP contribution in [0.25, 0.3) is 0 Å². The number of sulfonamides is 1. The fourth-order valence-electron chi connectivity index (χ4n) is 1.50. The molecule has 0 aromatic carbocycles. The van der Waals surface area contributed by atoms with Crippen molar-refractivity contribution in [1.29, 1.82) is 0 Å². The van der Waals surface area contributed by atoms with Gasteiger partial charge in [-0.15, -0.1) is 0 Å². The van der Waals surface area contributed by atoms with Crippen LogP contribution in [0.4, 0.5) is 0 Å². The van der Waals surface area contributed by atoms with Gasteiger partial charge >= 0.3 is 5.97 Å². The zero-order valence-electron chi connectivity index (χ0n) is 11.4. The molecule has 1 aromatic heterocycles. The summed E-state index contributed by atoms with van der Waals surface area (Å²) in [6.07, 6.45) is 3.73. The fraction of sp³-hybridized carbons (Fsp3) is 0.636. The van der Waals surface area contributed by atoms with E-state index in [0.717, 1.165) is 0 Å². The zero-order valence-corrected chi connectivity index (χ0v) is 12.2. The number of hydrogen-bond donors (Lipinski definition) is 0. The highest BCUT2D eigenvalue weighted by molar-refractivity contribution is 7.89. The number of esters is 1. The van der Waals surface area contributed by atoms with E-state index in [1.807, 2.05) is 0 Å². The third-order valence-electron chi connectivity index (χ3n) is 2.77. The summed E-state index contributed by atoms with van der Waals surface area (Å²) < 4.78 is 31.4. The number of imidazole rings is 1. The van der Waals surface area contributed by atoms with E-state index >= 15 is 0 Å². The Morgan fingerprint density at radius 1 is 1.53 bits per heavy atom. The van der Waals surface area contributed by atoms with E-state index in [-0.39, 0.29) is 25.1 Å². The van der Waals surface area contributed by atoms with Gasteiger partial charge in [0.1, 0.15) is 5.82 Å². The van der Waals surface area contributed by atoms with E-state index in [9.17, 15) is 13.2 Å². The molecule has 1 heterocycles. The van der Waals surface area contributed by atoms with Crippen LogP contribution >= 0.6 is 0 Å². The molecular weight excluding hydrogens is 270 g/mol. The Hall–Kier alpha value is -1.41. The highest BCUT2D eigenvalue weighted by Crippen LogP contribution is 2.07. The second kappa shape index (κ2) is 6.67. The third-order valence-corrected chi connectivity index (χ3v) is 4.65. The van der Waals surface area contributed by atoms with Crippen molar-refractivity contribution in [2.45, 2.75) is 19.4 Å². The van der Waals surface area contributed by atoms with Crippen molar-refractivity contribution in [3.63, 3.8) is 0 Å². The van der Waals surface area contributed by atoms with Gasteiger partial charge < -0.3 is 9.30 Å². The van der Waals surface area contributed by atoms with Crippen LogP contribution in [-0.2, 0) is 33.1 Å². The molecule has 0 aliphatic carbocycles. The average molecular weight is 289 g/mol. The molecule has 0 unspecified atom stereocenters. The van der Waals surface area contributed by atoms with Gasteiger partial charge in [-0.05, 0) is 6.42 Å². The van der Waals surface area contributed by atoms with Crippen LogP contribution in [0, 0.1) is 0 Å². The zero-order chi connectivity index (χ0) is 14.5. The van der Waals surface area contributed by atoms with Crippen LogP contribution in [0.3, 0.4) is 0 Å². The molecule has 0 bridgehead atoms. The molecule has 0 fully saturated rings. The lowest BCUT2D eigenvalue weighted by Crippen LogP contribution is -2.30. The number of ether oxygens (including phenoxy) is 1. The third kappa shape index (κ3) is 4.64. The number of carbonyl (C=O) groups is 1. The highest BCUT2D eigenvalue weighted by Gasteiger charge is 2.19. The summed E-state index contributed by atoms with van der Waals surface area (Å²) in [4.78, 5) is 15.0. The first-order chi connectivity index (χ1) is 8.86. The first-order valence-electron chi connectivity index (χ1n) is 5.84. The maximum Gasteiger partial charge on any atom is 0.305 e. The van der Waals surface area contributed by atoms with Crippen LogP contribution in [0.1, 0.15) is 18.7 Å². The summed E-state index contributed by atoms with van der Waals surface area (Å²) >= 11 is 0. The van der Waals surface area contributed by atoms with Crippen molar-refractivity contribution in [3.8, 4) is 0 Å². The molecular formula is C11H19N3O4S. The molecule has 1 rings (SSSR count). The van der Waals surface area contributed by atoms with Crippen molar-refractivity contribution in [2.24, 2.45) is 7.05 Å². The molecule has 0 saturated heterocycles. The minimum atomic E-state index is -3.38. The number of rotatable bonds is 7. The second-order valence-corrected chi connectivity index (χ2v) is 6.40. The van der Waals surface area contributed by atoms with Crippen LogP contribution in [0.2, 0.25) is 0 Å². The summed E-state index contributed by atoms with van der Waals surface area (Å²) in [5.41, 5.74) is 0. The molecule has 0 aliphatic heterocycles. The Morgan fingerprint density at radius 3 is 2.74 bits per heavy atom. The Bertz CT molecular complexity index is 524. The van der Waals surface area contributed by atoms with Gasteiger partial charge in [-0.3, -0.25) is 4.79 Å². The van der Waals surface area contributed by atoms with E-state index in [2.05, 4.69) is 9.72 Å². The summed E-state index contributed by atoms with van der Waals surface area (Å²) in [5, 5.41) is 0. The van der Waals surface area contributed by atoms with E-state index in [1.54, 1.807) is 24.0 Å². The minimum Gasteiger partial charge on any atom is -0.469 e. The largest absolute Gasteiger partial charge is 0.469 e. The monoisotopic (exact) mass is 289 g/mol. The van der Waals surface area contributed by atoms with Gasteiger partial charge in [-0.2, -0.15) is 4.31 Å². The summed E-state index contributed by atoms with van der Waals surface area (Å²) in [6.45, 7) is 0.212. The highest BCUT2D eigenvalue weighted by atomic mass is 32.2. The van der Waals surface area contributed by atoms with Gasteiger partial charge in [0.15, 0.2) is 0 Å². The van der Waals surface area contributed by atoms with Gasteiger partial charge in [0, 0.05) is 32.9 Å². The van der Waals surface area contributed by atoms with Crippen LogP contribution in [0.15, 0.2) is 12.4 Å². The summed E-state index contributed by atoms with van der Waals surface area (Å²) in [5.74, 6) is 0.184. The fourth-order valence-corrected chi connectivity index (χ4v) is 2.64. The SMILES string of the molecule is COC(=O)CCCS(=O)(=O)N(C)Cc1nccn1C. The Labute approximate surface area is 113 Å². The van der Waals surface area contributed by atoms with Gasteiger partial charge in [0.05, 0.1) is 19.4 Å². The maximum absolute atomic E-state index is 12.0. The van der Waals surface area contributed by atoms with Crippen molar-refractivity contribution in [2.75, 3.05) is 19.9 Å². The van der Waals surface area contributed by atoms with E-state index in [4.69, 9.17) is 0 Å². The number of methoxy groups -OCH3 is 1. The standard InChI is InChI=1S/C11H19N3O4S/c1-13-7-6-12-10(13)9-14(2)19(16,17)8-4-5-11(15)18-3/h6-7H,4-5,8-9H2,1-3H3. The lowest BCUT2D eigenvalue weighted by molar-refractivity contribution is -0.140. The van der Waals surface area contributed by atoms with Crippen molar-refractivity contribution in [1.82, 2.24) is 13.9 Å². The van der Waals surface area contributed by atoms with Crippen LogP contribution < -0.4 is 0 Å². The Balaban J connectivity index is 2.52. The molecule has 1 aromatic rings. The number of carbonyl (C=O) groups excluding carboxylic acids is 1. The second-order valence-electron chi connectivity index (χ2n) is 4.21. The molecule has 0 atom stereocenters. The van der Waals surface area contributed by atoms with Crippen molar-refractivity contribution >= 4 is 16.0 Å². The first kappa shape index (κ1) is 15.6. The minimum absolute atomic E-state index is 0.0803. The van der Waals surface area contributed by atoms with Crippen LogP contribution in [-0.4, -0.2) is 48.2 Å². The molecule has 0 aliphatic rings. The van der Waals surface area contributed by atoms with Crippen LogP contribution in [0.5, 0.6) is 0 Å². The predicted molar refractivity (Wildman–Crippen MR) is 69.7 cm³/mol. The van der Waals surface area contributed by atoms with E-state index in [0.29, 0.717) is 5.82 Å². The first-order valence-corrected chi connectivity index (χ1v) is 7.44. The van der Waals surface area contributed by atoms with Crippen molar-refractivity contribution in [3.05, 3.63) is 18.2 Å². The van der Waals surface area contributed by atoms with Gasteiger partial charge in [-0.25, -0.2) is 13.4 Å². The predicted octanol–water partition coefficient (Wildman–Crippen LogP) is 0.135. The molecule has 0 N–H and O–H groups in total. The van der Waals surface area contributed by atoms with Gasteiger partial charge in [-0.1, -0.05) is 0 Å². The summed E-state index contributed by atoms with van der Waals surface area (Å²) in [7, 11) is 1.20. The Kier molecular flexibility index (Phi) is 5.49.